The van der Waals surface area contributed by atoms with Crippen molar-refractivity contribution in [1.29, 1.82) is 0 Å². The van der Waals surface area contributed by atoms with Crippen LogP contribution in [0.1, 0.15) is 5.56 Å². The molecule has 2 aromatic rings. The first-order valence-electron chi connectivity index (χ1n) is 5.51. The van der Waals surface area contributed by atoms with Gasteiger partial charge in [0.25, 0.3) is 0 Å². The Hall–Kier alpha value is -2.35. The summed E-state index contributed by atoms with van der Waals surface area (Å²) < 4.78 is 52.9. The molecule has 4 nitrogen and oxygen atoms in total. The van der Waals surface area contributed by atoms with E-state index in [0.29, 0.717) is 6.07 Å². The Morgan fingerprint density at radius 3 is 2.35 bits per heavy atom. The lowest BCUT2D eigenvalue weighted by molar-refractivity contribution is 0.575. The van der Waals surface area contributed by atoms with E-state index in [4.69, 9.17) is 5.84 Å². The lowest BCUT2D eigenvalue weighted by atomic mass is 10.2. The van der Waals surface area contributed by atoms with Crippen LogP contribution in [0.25, 0.3) is 0 Å². The summed E-state index contributed by atoms with van der Waals surface area (Å²) in [5.74, 6) is 1.09. The molecule has 0 saturated carbocycles. The first-order valence-corrected chi connectivity index (χ1v) is 5.51. The van der Waals surface area contributed by atoms with E-state index in [9.17, 15) is 17.6 Å². The molecular weight excluding hydrogens is 276 g/mol. The molecule has 0 atom stereocenters. The van der Waals surface area contributed by atoms with Crippen LogP contribution < -0.4 is 16.6 Å². The minimum Gasteiger partial charge on any atom is -0.363 e. The van der Waals surface area contributed by atoms with Gasteiger partial charge in [-0.05, 0) is 18.2 Å². The van der Waals surface area contributed by atoms with E-state index in [1.807, 2.05) is 5.43 Å². The molecule has 0 fully saturated rings. The van der Waals surface area contributed by atoms with Gasteiger partial charge in [-0.1, -0.05) is 0 Å². The number of hydrazine groups is 1. The molecule has 0 radical (unpaired) electrons. The maximum absolute atomic E-state index is 13.4. The van der Waals surface area contributed by atoms with Crippen molar-refractivity contribution in [3.8, 4) is 0 Å². The van der Waals surface area contributed by atoms with E-state index in [0.717, 1.165) is 18.2 Å². The van der Waals surface area contributed by atoms with Crippen LogP contribution in [-0.4, -0.2) is 4.98 Å². The summed E-state index contributed by atoms with van der Waals surface area (Å²) in [7, 11) is 0. The number of nitrogens with one attached hydrogen (secondary N) is 2. The molecule has 0 aliphatic rings. The zero-order valence-corrected chi connectivity index (χ0v) is 10.1. The highest BCUT2D eigenvalue weighted by Gasteiger charge is 2.12. The molecule has 20 heavy (non-hydrogen) atoms. The first-order chi connectivity index (χ1) is 9.51. The minimum atomic E-state index is -0.974. The molecule has 0 aliphatic carbocycles. The van der Waals surface area contributed by atoms with E-state index >= 15 is 0 Å². The number of pyridine rings is 1. The molecule has 1 heterocycles. The number of nitrogens with two attached hydrogens (primary N) is 1. The highest BCUT2D eigenvalue weighted by atomic mass is 19.1. The number of nitrogen functional groups attached to an aromatic ring is 1. The molecule has 0 saturated heterocycles. The Balaban J connectivity index is 2.20. The fraction of sp³-hybridized carbons (Fsp3) is 0.0833. The Labute approximate surface area is 111 Å². The van der Waals surface area contributed by atoms with E-state index < -0.39 is 23.3 Å². The molecule has 1 aromatic heterocycles. The van der Waals surface area contributed by atoms with Crippen molar-refractivity contribution in [2.24, 2.45) is 5.84 Å². The number of rotatable bonds is 4. The zero-order chi connectivity index (χ0) is 14.7. The highest BCUT2D eigenvalue weighted by Crippen LogP contribution is 2.19. The fourth-order valence-corrected chi connectivity index (χ4v) is 1.55. The minimum absolute atomic E-state index is 0.0159. The van der Waals surface area contributed by atoms with Crippen molar-refractivity contribution < 1.29 is 17.6 Å². The van der Waals surface area contributed by atoms with Gasteiger partial charge in [0.05, 0.1) is 0 Å². The maximum Gasteiger partial charge on any atom is 0.178 e. The molecule has 0 aliphatic heterocycles. The van der Waals surface area contributed by atoms with Gasteiger partial charge in [-0.3, -0.25) is 0 Å². The summed E-state index contributed by atoms with van der Waals surface area (Å²) in [5.41, 5.74) is 1.94. The summed E-state index contributed by atoms with van der Waals surface area (Å²) in [6.07, 6.45) is 0. The number of halogens is 4. The molecular formula is C12H10F4N4. The zero-order valence-electron chi connectivity index (χ0n) is 10.1. The smallest absolute Gasteiger partial charge is 0.178 e. The van der Waals surface area contributed by atoms with E-state index in [-0.39, 0.29) is 23.7 Å². The van der Waals surface area contributed by atoms with Gasteiger partial charge >= 0.3 is 0 Å². The Bertz CT molecular complexity index is 633. The second-order valence-corrected chi connectivity index (χ2v) is 3.88. The normalized spacial score (nSPS) is 10.4. The first kappa shape index (κ1) is 14.1. The number of benzene rings is 1. The van der Waals surface area contributed by atoms with E-state index in [2.05, 4.69) is 10.3 Å². The predicted octanol–water partition coefficient (Wildman–Crippen LogP) is 2.54. The van der Waals surface area contributed by atoms with Crippen LogP contribution in [0.15, 0.2) is 24.3 Å². The molecule has 4 N–H and O–H groups in total. The molecule has 0 amide bonds. The van der Waals surface area contributed by atoms with Crippen LogP contribution in [0, 0.1) is 23.3 Å². The van der Waals surface area contributed by atoms with Gasteiger partial charge in [0.2, 0.25) is 0 Å². The van der Waals surface area contributed by atoms with Crippen LogP contribution >= 0.6 is 0 Å². The van der Waals surface area contributed by atoms with Gasteiger partial charge in [0.15, 0.2) is 23.3 Å². The Morgan fingerprint density at radius 1 is 0.950 bits per heavy atom. The second-order valence-electron chi connectivity index (χ2n) is 3.88. The number of hydrogen-bond acceptors (Lipinski definition) is 4. The SMILES string of the molecule is NNc1nc(NCc2cc(F)ccc2F)c(F)cc1F. The number of anilines is 2. The summed E-state index contributed by atoms with van der Waals surface area (Å²) in [4.78, 5) is 3.54. The molecule has 8 heteroatoms. The van der Waals surface area contributed by atoms with Gasteiger partial charge < -0.3 is 10.7 Å². The van der Waals surface area contributed by atoms with Crippen LogP contribution in [0.4, 0.5) is 29.2 Å². The average molecular weight is 286 g/mol. The van der Waals surface area contributed by atoms with Gasteiger partial charge in [0, 0.05) is 18.2 Å². The molecule has 0 bridgehead atoms. The topological polar surface area (TPSA) is 63.0 Å². The van der Waals surface area contributed by atoms with Crippen LogP contribution in [0.2, 0.25) is 0 Å². The van der Waals surface area contributed by atoms with Gasteiger partial charge in [-0.25, -0.2) is 28.4 Å². The molecule has 2 rings (SSSR count). The van der Waals surface area contributed by atoms with Crippen molar-refractivity contribution in [3.63, 3.8) is 0 Å². The largest absolute Gasteiger partial charge is 0.363 e. The third kappa shape index (κ3) is 2.97. The van der Waals surface area contributed by atoms with Gasteiger partial charge in [-0.2, -0.15) is 0 Å². The highest BCUT2D eigenvalue weighted by molar-refractivity contribution is 5.47. The number of hydrogen-bond donors (Lipinski definition) is 3. The average Bonchev–Trinajstić information content (AvgIpc) is 2.41. The standard InChI is InChI=1S/C12H10F4N4/c13-7-1-2-8(14)6(3-7)5-18-11-9(15)4-10(16)12(19-11)20-17/h1-4H,5,17H2,(H2,18,19,20). The molecule has 0 spiro atoms. The van der Waals surface area contributed by atoms with Crippen molar-refractivity contribution in [3.05, 3.63) is 53.1 Å². The van der Waals surface area contributed by atoms with E-state index in [1.165, 1.54) is 0 Å². The quantitative estimate of drug-likeness (QED) is 0.459. The fourth-order valence-electron chi connectivity index (χ4n) is 1.55. The lowest BCUT2D eigenvalue weighted by Crippen LogP contribution is -2.13. The number of aromatic nitrogens is 1. The summed E-state index contributed by atoms with van der Waals surface area (Å²) >= 11 is 0. The van der Waals surface area contributed by atoms with Crippen molar-refractivity contribution >= 4 is 11.6 Å². The van der Waals surface area contributed by atoms with Crippen molar-refractivity contribution in [2.45, 2.75) is 6.54 Å². The van der Waals surface area contributed by atoms with Crippen LogP contribution in [-0.2, 0) is 6.54 Å². The molecule has 1 aromatic carbocycles. The van der Waals surface area contributed by atoms with Crippen LogP contribution in [0.5, 0.6) is 0 Å². The summed E-state index contributed by atoms with van der Waals surface area (Å²) in [6.45, 7) is -0.219. The monoisotopic (exact) mass is 286 g/mol. The Morgan fingerprint density at radius 2 is 1.65 bits per heavy atom. The van der Waals surface area contributed by atoms with Crippen LogP contribution in [0.3, 0.4) is 0 Å². The third-order valence-corrected chi connectivity index (χ3v) is 2.52. The predicted molar refractivity (Wildman–Crippen MR) is 65.6 cm³/mol. The summed E-state index contributed by atoms with van der Waals surface area (Å²) in [5, 5.41) is 2.44. The van der Waals surface area contributed by atoms with Crippen molar-refractivity contribution in [2.75, 3.05) is 10.7 Å². The van der Waals surface area contributed by atoms with Gasteiger partial charge in [-0.15, -0.1) is 0 Å². The lowest BCUT2D eigenvalue weighted by Gasteiger charge is -2.10. The van der Waals surface area contributed by atoms with E-state index in [1.54, 1.807) is 0 Å². The Kier molecular flexibility index (Phi) is 4.04. The molecule has 106 valence electrons. The molecule has 0 unspecified atom stereocenters. The summed E-state index contributed by atoms with van der Waals surface area (Å²) in [6, 6.07) is 3.46. The maximum atomic E-state index is 13.4. The third-order valence-electron chi connectivity index (χ3n) is 2.52. The van der Waals surface area contributed by atoms with Gasteiger partial charge in [0.1, 0.15) is 11.6 Å². The number of nitrogens with zero attached hydrogens (tertiary/aromatic N) is 1. The second kappa shape index (κ2) is 5.74. The van der Waals surface area contributed by atoms with Crippen molar-refractivity contribution in [1.82, 2.24) is 4.98 Å².